The van der Waals surface area contributed by atoms with Crippen LogP contribution in [0.3, 0.4) is 0 Å². The maximum absolute atomic E-state index is 13.6. The topological polar surface area (TPSA) is 96.2 Å². The average molecular weight is 426 g/mol. The Labute approximate surface area is 185 Å². The molecule has 0 aliphatic rings. The predicted molar refractivity (Wildman–Crippen MR) is 121 cm³/mol. The van der Waals surface area contributed by atoms with Crippen LogP contribution in [0.2, 0.25) is 0 Å². The van der Waals surface area contributed by atoms with Crippen molar-refractivity contribution >= 4 is 16.8 Å². The molecule has 0 saturated heterocycles. The van der Waals surface area contributed by atoms with Crippen molar-refractivity contribution in [2.24, 2.45) is 0 Å². The minimum atomic E-state index is -0.643. The number of aryl methyl sites for hydroxylation is 3. The number of aromatic hydroxyl groups is 1. The first-order valence-electron chi connectivity index (χ1n) is 10.2. The lowest BCUT2D eigenvalue weighted by Gasteiger charge is -2.15. The molecular weight excluding hydrogens is 404 g/mol. The second-order valence-corrected chi connectivity index (χ2v) is 8.03. The van der Waals surface area contributed by atoms with Crippen molar-refractivity contribution in [1.29, 1.82) is 5.26 Å². The molecule has 0 fully saturated rings. The molecule has 0 bridgehead atoms. The Bertz CT molecular complexity index is 1490. The number of fused-ring (bicyclic) bond motifs is 1. The van der Waals surface area contributed by atoms with Gasteiger partial charge in [0.05, 0.1) is 12.1 Å². The number of rotatable bonds is 4. The molecule has 4 aromatic rings. The third-order valence-electron chi connectivity index (χ3n) is 5.79. The van der Waals surface area contributed by atoms with Crippen molar-refractivity contribution in [2.45, 2.75) is 34.2 Å². The van der Waals surface area contributed by atoms with Crippen LogP contribution < -0.4 is 5.56 Å². The van der Waals surface area contributed by atoms with E-state index < -0.39 is 17.2 Å². The largest absolute Gasteiger partial charge is 0.494 e. The van der Waals surface area contributed by atoms with E-state index >= 15 is 0 Å². The fraction of sp³-hybridized carbons (Fsp3) is 0.192. The fourth-order valence-corrected chi connectivity index (χ4v) is 4.26. The van der Waals surface area contributed by atoms with Gasteiger partial charge in [-0.2, -0.15) is 5.26 Å². The molecule has 2 aromatic carbocycles. The normalized spacial score (nSPS) is 11.0. The van der Waals surface area contributed by atoms with Crippen molar-refractivity contribution in [3.63, 3.8) is 0 Å². The molecule has 0 aliphatic carbocycles. The van der Waals surface area contributed by atoms with Crippen LogP contribution in [0.1, 0.15) is 49.5 Å². The van der Waals surface area contributed by atoms with Gasteiger partial charge in [-0.15, -0.1) is 0 Å². The molecule has 1 N–H and O–H groups in total. The highest BCUT2D eigenvalue weighted by Gasteiger charge is 2.29. The Morgan fingerprint density at radius 1 is 1.09 bits per heavy atom. The van der Waals surface area contributed by atoms with Gasteiger partial charge >= 0.3 is 0 Å². The van der Waals surface area contributed by atoms with Crippen LogP contribution in [0.15, 0.2) is 51.7 Å². The summed E-state index contributed by atoms with van der Waals surface area (Å²) in [6, 6.07) is 14.8. The highest BCUT2D eigenvalue weighted by Crippen LogP contribution is 2.33. The number of hydrogen-bond acceptors (Lipinski definition) is 5. The van der Waals surface area contributed by atoms with Gasteiger partial charge in [0.25, 0.3) is 5.56 Å². The van der Waals surface area contributed by atoms with Crippen molar-refractivity contribution < 1.29 is 14.3 Å². The van der Waals surface area contributed by atoms with Gasteiger partial charge in [0, 0.05) is 10.9 Å². The predicted octanol–water partition coefficient (Wildman–Crippen LogP) is 4.68. The molecule has 0 atom stereocenters. The molecule has 0 saturated carbocycles. The second-order valence-electron chi connectivity index (χ2n) is 8.03. The number of carbonyl (C=O) groups excluding carboxylic acids is 1. The molecule has 6 heteroatoms. The molecular formula is C26H22N2O4. The molecule has 0 unspecified atom stereocenters. The smallest absolute Gasteiger partial charge is 0.271 e. The summed E-state index contributed by atoms with van der Waals surface area (Å²) in [5, 5.41) is 21.5. The van der Waals surface area contributed by atoms with Crippen LogP contribution in [0.5, 0.6) is 5.88 Å². The van der Waals surface area contributed by atoms with E-state index in [9.17, 15) is 20.0 Å². The Hall–Kier alpha value is -4.11. The Kier molecular flexibility index (Phi) is 5.19. The zero-order valence-corrected chi connectivity index (χ0v) is 18.3. The Balaban J connectivity index is 1.95. The van der Waals surface area contributed by atoms with Gasteiger partial charge in [0.15, 0.2) is 5.76 Å². The molecule has 4 rings (SSSR count). The minimum Gasteiger partial charge on any atom is -0.494 e. The van der Waals surface area contributed by atoms with Crippen molar-refractivity contribution in [3.05, 3.63) is 97.5 Å². The van der Waals surface area contributed by atoms with E-state index in [2.05, 4.69) is 0 Å². The lowest BCUT2D eigenvalue weighted by atomic mass is 9.97. The molecule has 0 aliphatic heterocycles. The van der Waals surface area contributed by atoms with Gasteiger partial charge < -0.3 is 9.52 Å². The zero-order chi connectivity index (χ0) is 23.2. The highest BCUT2D eigenvalue weighted by molar-refractivity contribution is 6.13. The van der Waals surface area contributed by atoms with E-state index in [1.165, 1.54) is 6.92 Å². The summed E-state index contributed by atoms with van der Waals surface area (Å²) >= 11 is 0. The van der Waals surface area contributed by atoms with Crippen LogP contribution in [0, 0.1) is 39.0 Å². The minimum absolute atomic E-state index is 0.0260. The summed E-state index contributed by atoms with van der Waals surface area (Å²) in [5.74, 6) is -0.960. The standard InChI is InChI=1S/C26H22N2O4/c1-14-10-15(2)21-17(4)24(32-20(21)11-14)23(29)22-16(3)19(12-27)25(30)28(26(22)31)13-18-8-6-5-7-9-18/h5-11,31H,13H2,1-4H3. The van der Waals surface area contributed by atoms with E-state index in [4.69, 9.17) is 4.42 Å². The number of pyridine rings is 1. The summed E-state index contributed by atoms with van der Waals surface area (Å²) in [6.45, 7) is 7.20. The molecule has 0 amide bonds. The monoisotopic (exact) mass is 426 g/mol. The van der Waals surface area contributed by atoms with Crippen LogP contribution >= 0.6 is 0 Å². The number of hydrogen-bond donors (Lipinski definition) is 1. The van der Waals surface area contributed by atoms with E-state index in [0.717, 1.165) is 26.6 Å². The number of nitriles is 1. The second kappa shape index (κ2) is 7.86. The fourth-order valence-electron chi connectivity index (χ4n) is 4.26. The van der Waals surface area contributed by atoms with E-state index in [-0.39, 0.29) is 29.0 Å². The van der Waals surface area contributed by atoms with Crippen LogP contribution in [0.4, 0.5) is 0 Å². The first-order valence-corrected chi connectivity index (χ1v) is 10.2. The molecule has 32 heavy (non-hydrogen) atoms. The summed E-state index contributed by atoms with van der Waals surface area (Å²) in [6.07, 6.45) is 0. The van der Waals surface area contributed by atoms with Crippen molar-refractivity contribution in [3.8, 4) is 11.9 Å². The molecule has 0 radical (unpaired) electrons. The quantitative estimate of drug-likeness (QED) is 0.478. The van der Waals surface area contributed by atoms with Gasteiger partial charge in [-0.25, -0.2) is 0 Å². The van der Waals surface area contributed by atoms with E-state index in [1.807, 2.05) is 50.2 Å². The first-order chi connectivity index (χ1) is 15.2. The Morgan fingerprint density at radius 3 is 2.44 bits per heavy atom. The lowest BCUT2D eigenvalue weighted by Crippen LogP contribution is -2.27. The first kappa shape index (κ1) is 21.1. The van der Waals surface area contributed by atoms with Gasteiger partial charge in [0.1, 0.15) is 17.2 Å². The molecule has 6 nitrogen and oxygen atoms in total. The number of aromatic nitrogens is 1. The summed E-state index contributed by atoms with van der Waals surface area (Å²) in [5.41, 5.74) is 3.18. The number of nitrogens with zero attached hydrogens (tertiary/aromatic N) is 2. The van der Waals surface area contributed by atoms with Crippen molar-refractivity contribution in [1.82, 2.24) is 4.57 Å². The van der Waals surface area contributed by atoms with Crippen LogP contribution in [0.25, 0.3) is 11.0 Å². The van der Waals surface area contributed by atoms with Gasteiger partial charge in [0.2, 0.25) is 11.7 Å². The van der Waals surface area contributed by atoms with Gasteiger partial charge in [-0.1, -0.05) is 36.4 Å². The Morgan fingerprint density at radius 2 is 1.78 bits per heavy atom. The summed E-state index contributed by atoms with van der Waals surface area (Å²) < 4.78 is 6.97. The highest BCUT2D eigenvalue weighted by atomic mass is 16.3. The van der Waals surface area contributed by atoms with E-state index in [1.54, 1.807) is 19.1 Å². The summed E-state index contributed by atoms with van der Waals surface area (Å²) in [4.78, 5) is 26.5. The van der Waals surface area contributed by atoms with Crippen LogP contribution in [-0.2, 0) is 6.54 Å². The number of ketones is 1. The van der Waals surface area contributed by atoms with Gasteiger partial charge in [-0.05, 0) is 56.0 Å². The third kappa shape index (κ3) is 3.28. The lowest BCUT2D eigenvalue weighted by molar-refractivity contribution is 0.101. The average Bonchev–Trinajstić information content (AvgIpc) is 3.08. The number of furan rings is 1. The molecule has 160 valence electrons. The van der Waals surface area contributed by atoms with E-state index in [0.29, 0.717) is 11.1 Å². The third-order valence-corrected chi connectivity index (χ3v) is 5.79. The maximum Gasteiger partial charge on any atom is 0.271 e. The molecule has 0 spiro atoms. The van der Waals surface area contributed by atoms with Crippen LogP contribution in [-0.4, -0.2) is 15.5 Å². The summed E-state index contributed by atoms with van der Waals surface area (Å²) in [7, 11) is 0. The SMILES string of the molecule is Cc1cc(C)c2c(C)c(C(=O)c3c(C)c(C#N)c(=O)n(Cc4ccccc4)c3O)oc2c1. The molecule has 2 aromatic heterocycles. The number of benzene rings is 2. The van der Waals surface area contributed by atoms with Crippen molar-refractivity contribution in [2.75, 3.05) is 0 Å². The molecule has 2 heterocycles. The number of carbonyl (C=O) groups is 1. The van der Waals surface area contributed by atoms with Gasteiger partial charge in [-0.3, -0.25) is 14.2 Å². The zero-order valence-electron chi connectivity index (χ0n) is 18.3. The maximum atomic E-state index is 13.6.